The maximum absolute atomic E-state index is 12.6. The molecule has 1 aliphatic rings. The number of hydrogen-bond donors (Lipinski definition) is 2. The molecule has 0 spiro atoms. The Hall–Kier alpha value is -1.43. The van der Waals surface area contributed by atoms with Gasteiger partial charge in [-0.1, -0.05) is 18.2 Å². The van der Waals surface area contributed by atoms with Gasteiger partial charge in [0.25, 0.3) is 0 Å². The standard InChI is InChI=1S/C15H22N2O3/c1-19-10-12-4-2-3-5-13(12)17-14(18)15(11-16)6-8-20-9-7-15/h2-5H,6-11,16H2,1H3,(H,17,18). The summed E-state index contributed by atoms with van der Waals surface area (Å²) in [5.41, 5.74) is 7.08. The number of rotatable bonds is 5. The van der Waals surface area contributed by atoms with Crippen molar-refractivity contribution in [1.82, 2.24) is 0 Å². The number of amides is 1. The number of hydrogen-bond acceptors (Lipinski definition) is 4. The number of methoxy groups -OCH3 is 1. The predicted octanol–water partition coefficient (Wildman–Crippen LogP) is 1.53. The Morgan fingerprint density at radius 2 is 2.10 bits per heavy atom. The fourth-order valence-corrected chi connectivity index (χ4v) is 2.46. The van der Waals surface area contributed by atoms with Crippen LogP contribution in [0.4, 0.5) is 5.69 Å². The molecule has 1 aromatic carbocycles. The second kappa shape index (κ2) is 6.83. The van der Waals surface area contributed by atoms with Crippen LogP contribution < -0.4 is 11.1 Å². The minimum atomic E-state index is -0.515. The van der Waals surface area contributed by atoms with Crippen LogP contribution in [0.15, 0.2) is 24.3 Å². The van der Waals surface area contributed by atoms with Crippen molar-refractivity contribution in [2.75, 3.05) is 32.2 Å². The molecule has 0 radical (unpaired) electrons. The van der Waals surface area contributed by atoms with Crippen LogP contribution >= 0.6 is 0 Å². The van der Waals surface area contributed by atoms with Crippen molar-refractivity contribution in [3.8, 4) is 0 Å². The van der Waals surface area contributed by atoms with Gasteiger partial charge < -0.3 is 20.5 Å². The first-order chi connectivity index (χ1) is 9.72. The molecule has 0 saturated carbocycles. The van der Waals surface area contributed by atoms with E-state index in [1.54, 1.807) is 7.11 Å². The van der Waals surface area contributed by atoms with Crippen LogP contribution in [0.1, 0.15) is 18.4 Å². The Kier molecular flexibility index (Phi) is 5.11. The highest BCUT2D eigenvalue weighted by atomic mass is 16.5. The summed E-state index contributed by atoms with van der Waals surface area (Å²) in [5, 5.41) is 3.00. The lowest BCUT2D eigenvalue weighted by molar-refractivity contribution is -0.130. The van der Waals surface area contributed by atoms with Crippen molar-refractivity contribution < 1.29 is 14.3 Å². The van der Waals surface area contributed by atoms with Crippen molar-refractivity contribution in [2.45, 2.75) is 19.4 Å². The molecular weight excluding hydrogens is 256 g/mol. The summed E-state index contributed by atoms with van der Waals surface area (Å²) < 4.78 is 10.5. The topological polar surface area (TPSA) is 73.6 Å². The Morgan fingerprint density at radius 1 is 1.40 bits per heavy atom. The Balaban J connectivity index is 2.14. The van der Waals surface area contributed by atoms with E-state index >= 15 is 0 Å². The van der Waals surface area contributed by atoms with Gasteiger partial charge in [-0.3, -0.25) is 4.79 Å². The van der Waals surface area contributed by atoms with Crippen LogP contribution in [-0.2, 0) is 20.9 Å². The molecule has 20 heavy (non-hydrogen) atoms. The minimum absolute atomic E-state index is 0.0214. The lowest BCUT2D eigenvalue weighted by Gasteiger charge is -2.34. The zero-order valence-electron chi connectivity index (χ0n) is 11.9. The summed E-state index contributed by atoms with van der Waals surface area (Å²) in [5.74, 6) is -0.0214. The van der Waals surface area contributed by atoms with Gasteiger partial charge in [0.05, 0.1) is 12.0 Å². The van der Waals surface area contributed by atoms with Gasteiger partial charge in [-0.05, 0) is 18.9 Å². The smallest absolute Gasteiger partial charge is 0.232 e. The highest BCUT2D eigenvalue weighted by molar-refractivity contribution is 5.96. The molecule has 1 heterocycles. The number of nitrogens with one attached hydrogen (secondary N) is 1. The molecule has 1 aromatic rings. The van der Waals surface area contributed by atoms with E-state index in [-0.39, 0.29) is 5.91 Å². The first-order valence-electron chi connectivity index (χ1n) is 6.88. The molecule has 3 N–H and O–H groups in total. The number of benzene rings is 1. The van der Waals surface area contributed by atoms with E-state index in [4.69, 9.17) is 15.2 Å². The molecule has 110 valence electrons. The monoisotopic (exact) mass is 278 g/mol. The molecule has 1 saturated heterocycles. The minimum Gasteiger partial charge on any atom is -0.381 e. The molecule has 0 aromatic heterocycles. The van der Waals surface area contributed by atoms with Crippen LogP contribution in [-0.4, -0.2) is 32.8 Å². The maximum Gasteiger partial charge on any atom is 0.232 e. The quantitative estimate of drug-likeness (QED) is 0.856. The van der Waals surface area contributed by atoms with Gasteiger partial charge in [-0.15, -0.1) is 0 Å². The normalized spacial score (nSPS) is 17.7. The lowest BCUT2D eigenvalue weighted by Crippen LogP contribution is -2.46. The van der Waals surface area contributed by atoms with E-state index in [2.05, 4.69) is 5.32 Å². The van der Waals surface area contributed by atoms with Gasteiger partial charge in [0.15, 0.2) is 0 Å². The van der Waals surface area contributed by atoms with E-state index in [9.17, 15) is 4.79 Å². The van der Waals surface area contributed by atoms with Gasteiger partial charge in [-0.2, -0.15) is 0 Å². The molecule has 0 aliphatic carbocycles. The number of carbonyl (C=O) groups excluding carboxylic acids is 1. The van der Waals surface area contributed by atoms with Crippen molar-refractivity contribution in [2.24, 2.45) is 11.1 Å². The van der Waals surface area contributed by atoms with Gasteiger partial charge in [0.1, 0.15) is 0 Å². The highest BCUT2D eigenvalue weighted by Gasteiger charge is 2.38. The zero-order valence-corrected chi connectivity index (χ0v) is 11.9. The number of ether oxygens (including phenoxy) is 2. The number of carbonyl (C=O) groups is 1. The highest BCUT2D eigenvalue weighted by Crippen LogP contribution is 2.31. The molecule has 0 unspecified atom stereocenters. The fourth-order valence-electron chi connectivity index (χ4n) is 2.46. The van der Waals surface area contributed by atoms with Gasteiger partial charge >= 0.3 is 0 Å². The third-order valence-corrected chi connectivity index (χ3v) is 3.89. The molecule has 0 atom stereocenters. The van der Waals surface area contributed by atoms with Gasteiger partial charge in [-0.25, -0.2) is 0 Å². The van der Waals surface area contributed by atoms with Crippen molar-refractivity contribution in [3.05, 3.63) is 29.8 Å². The molecule has 5 nitrogen and oxygen atoms in total. The fraction of sp³-hybridized carbons (Fsp3) is 0.533. The first kappa shape index (κ1) is 15.0. The average molecular weight is 278 g/mol. The largest absolute Gasteiger partial charge is 0.381 e. The van der Waals surface area contributed by atoms with Crippen molar-refractivity contribution in [1.29, 1.82) is 0 Å². The summed E-state index contributed by atoms with van der Waals surface area (Å²) in [4.78, 5) is 12.6. The second-order valence-corrected chi connectivity index (χ2v) is 5.14. The molecular formula is C15H22N2O3. The summed E-state index contributed by atoms with van der Waals surface area (Å²) >= 11 is 0. The van der Waals surface area contributed by atoms with E-state index in [0.29, 0.717) is 39.2 Å². The maximum atomic E-state index is 12.6. The summed E-state index contributed by atoms with van der Waals surface area (Å²) in [6.07, 6.45) is 1.34. The van der Waals surface area contributed by atoms with E-state index in [1.165, 1.54) is 0 Å². The van der Waals surface area contributed by atoms with Gasteiger partial charge in [0.2, 0.25) is 5.91 Å². The third-order valence-electron chi connectivity index (χ3n) is 3.89. The molecule has 0 bridgehead atoms. The molecule has 1 fully saturated rings. The molecule has 5 heteroatoms. The van der Waals surface area contributed by atoms with Crippen LogP contribution in [0, 0.1) is 5.41 Å². The summed E-state index contributed by atoms with van der Waals surface area (Å²) in [6.45, 7) is 1.98. The number of nitrogens with two attached hydrogens (primary N) is 1. The second-order valence-electron chi connectivity index (χ2n) is 5.14. The summed E-state index contributed by atoms with van der Waals surface area (Å²) in [6, 6.07) is 7.65. The average Bonchev–Trinajstić information content (AvgIpc) is 2.50. The molecule has 2 rings (SSSR count). The first-order valence-corrected chi connectivity index (χ1v) is 6.88. The van der Waals surface area contributed by atoms with Crippen molar-refractivity contribution in [3.63, 3.8) is 0 Å². The summed E-state index contributed by atoms with van der Waals surface area (Å²) in [7, 11) is 1.64. The van der Waals surface area contributed by atoms with Crippen LogP contribution in [0.2, 0.25) is 0 Å². The third kappa shape index (κ3) is 3.17. The predicted molar refractivity (Wildman–Crippen MR) is 77.3 cm³/mol. The number of para-hydroxylation sites is 1. The molecule has 1 aliphatic heterocycles. The Morgan fingerprint density at radius 3 is 2.75 bits per heavy atom. The van der Waals surface area contributed by atoms with Crippen LogP contribution in [0.3, 0.4) is 0 Å². The Bertz CT molecular complexity index is 456. The number of anilines is 1. The van der Waals surface area contributed by atoms with E-state index in [0.717, 1.165) is 11.3 Å². The van der Waals surface area contributed by atoms with Crippen molar-refractivity contribution >= 4 is 11.6 Å². The van der Waals surface area contributed by atoms with Crippen LogP contribution in [0.25, 0.3) is 0 Å². The van der Waals surface area contributed by atoms with Crippen LogP contribution in [0.5, 0.6) is 0 Å². The van der Waals surface area contributed by atoms with E-state index in [1.807, 2.05) is 24.3 Å². The lowest BCUT2D eigenvalue weighted by atomic mass is 9.79. The molecule has 1 amide bonds. The SMILES string of the molecule is COCc1ccccc1NC(=O)C1(CN)CCOCC1. The van der Waals surface area contributed by atoms with Gasteiger partial charge in [0, 0.05) is 38.1 Å². The zero-order chi connectivity index (χ0) is 14.4. The van der Waals surface area contributed by atoms with E-state index < -0.39 is 5.41 Å². The Labute approximate surface area is 119 Å².